The maximum absolute atomic E-state index is 5.94. The molecule has 0 aliphatic carbocycles. The van der Waals surface area contributed by atoms with Gasteiger partial charge in [0.2, 0.25) is 0 Å². The number of nitrogens with one attached hydrogen (secondary N) is 1. The van der Waals surface area contributed by atoms with Crippen LogP contribution in [0.1, 0.15) is 23.6 Å². The van der Waals surface area contributed by atoms with E-state index in [0.29, 0.717) is 0 Å². The van der Waals surface area contributed by atoms with Crippen LogP contribution in [0.15, 0.2) is 6.07 Å². The molecule has 0 amide bonds. The molecule has 13 heavy (non-hydrogen) atoms. The zero-order chi connectivity index (χ0) is 10.0. The van der Waals surface area contributed by atoms with Gasteiger partial charge in [0.25, 0.3) is 0 Å². The monoisotopic (exact) mass is 178 g/mol. The van der Waals surface area contributed by atoms with Crippen molar-refractivity contribution in [3.8, 4) is 0 Å². The van der Waals surface area contributed by atoms with Crippen molar-refractivity contribution in [2.75, 3.05) is 17.6 Å². The van der Waals surface area contributed by atoms with Crippen molar-refractivity contribution in [1.29, 1.82) is 0 Å². The van der Waals surface area contributed by atoms with Gasteiger partial charge in [-0.15, -0.1) is 0 Å². The SMILES string of the molecule is CCNc1c(C)cc(C)c(N)c1C. The summed E-state index contributed by atoms with van der Waals surface area (Å²) in [6, 6.07) is 2.13. The fraction of sp³-hybridized carbons (Fsp3) is 0.455. The molecule has 0 radical (unpaired) electrons. The summed E-state index contributed by atoms with van der Waals surface area (Å²) in [5, 5.41) is 3.33. The number of aryl methyl sites for hydroxylation is 2. The first-order valence-electron chi connectivity index (χ1n) is 4.68. The van der Waals surface area contributed by atoms with Crippen LogP contribution in [0, 0.1) is 20.8 Å². The molecule has 0 unspecified atom stereocenters. The van der Waals surface area contributed by atoms with E-state index in [4.69, 9.17) is 5.73 Å². The van der Waals surface area contributed by atoms with Crippen LogP contribution < -0.4 is 11.1 Å². The summed E-state index contributed by atoms with van der Waals surface area (Å²) in [4.78, 5) is 0. The Hall–Kier alpha value is -1.18. The van der Waals surface area contributed by atoms with Crippen molar-refractivity contribution in [3.05, 3.63) is 22.8 Å². The molecule has 0 heterocycles. The molecule has 1 rings (SSSR count). The number of rotatable bonds is 2. The lowest BCUT2D eigenvalue weighted by atomic mass is 10.0. The van der Waals surface area contributed by atoms with Gasteiger partial charge in [0.05, 0.1) is 0 Å². The highest BCUT2D eigenvalue weighted by Gasteiger charge is 2.06. The molecule has 0 aliphatic rings. The Labute approximate surface area is 80.1 Å². The van der Waals surface area contributed by atoms with Crippen molar-refractivity contribution in [2.24, 2.45) is 0 Å². The van der Waals surface area contributed by atoms with Crippen LogP contribution in [-0.2, 0) is 0 Å². The molecule has 72 valence electrons. The second kappa shape index (κ2) is 3.69. The van der Waals surface area contributed by atoms with Gasteiger partial charge in [0, 0.05) is 17.9 Å². The average molecular weight is 178 g/mol. The standard InChI is InChI=1S/C11H18N2/c1-5-13-11-8(3)6-7(2)10(12)9(11)4/h6,13H,5,12H2,1-4H3. The van der Waals surface area contributed by atoms with Crippen LogP contribution in [0.3, 0.4) is 0 Å². The Bertz CT molecular complexity index is 316. The molecule has 0 saturated heterocycles. The van der Waals surface area contributed by atoms with Crippen molar-refractivity contribution < 1.29 is 0 Å². The van der Waals surface area contributed by atoms with Gasteiger partial charge in [-0.2, -0.15) is 0 Å². The van der Waals surface area contributed by atoms with E-state index in [9.17, 15) is 0 Å². The highest BCUT2D eigenvalue weighted by atomic mass is 14.9. The first-order valence-corrected chi connectivity index (χ1v) is 4.68. The highest BCUT2D eigenvalue weighted by molar-refractivity contribution is 5.69. The lowest BCUT2D eigenvalue weighted by Gasteiger charge is -2.15. The number of benzene rings is 1. The molecule has 3 N–H and O–H groups in total. The van der Waals surface area contributed by atoms with Gasteiger partial charge >= 0.3 is 0 Å². The quantitative estimate of drug-likeness (QED) is 0.683. The molecule has 0 saturated carbocycles. The van der Waals surface area contributed by atoms with E-state index in [2.05, 4.69) is 32.2 Å². The van der Waals surface area contributed by atoms with Crippen molar-refractivity contribution >= 4 is 11.4 Å². The molecule has 1 aromatic carbocycles. The third-order valence-electron chi connectivity index (χ3n) is 2.38. The molecule has 0 atom stereocenters. The third-order valence-corrected chi connectivity index (χ3v) is 2.38. The summed E-state index contributed by atoms with van der Waals surface area (Å²) in [7, 11) is 0. The van der Waals surface area contributed by atoms with Crippen molar-refractivity contribution in [1.82, 2.24) is 0 Å². The van der Waals surface area contributed by atoms with Crippen molar-refractivity contribution in [2.45, 2.75) is 27.7 Å². The maximum Gasteiger partial charge on any atom is 0.0420 e. The zero-order valence-electron chi connectivity index (χ0n) is 8.86. The fourth-order valence-electron chi connectivity index (χ4n) is 1.65. The average Bonchev–Trinajstić information content (AvgIpc) is 2.09. The van der Waals surface area contributed by atoms with Gasteiger partial charge in [0.1, 0.15) is 0 Å². The summed E-state index contributed by atoms with van der Waals surface area (Å²) in [5.74, 6) is 0. The Morgan fingerprint density at radius 1 is 1.23 bits per heavy atom. The van der Waals surface area contributed by atoms with Gasteiger partial charge in [-0.3, -0.25) is 0 Å². The summed E-state index contributed by atoms with van der Waals surface area (Å²) in [6.07, 6.45) is 0. The molecule has 2 heteroatoms. The van der Waals surface area contributed by atoms with Gasteiger partial charge < -0.3 is 11.1 Å². The molecule has 2 nitrogen and oxygen atoms in total. The number of hydrogen-bond donors (Lipinski definition) is 2. The number of nitrogen functional groups attached to an aromatic ring is 1. The lowest BCUT2D eigenvalue weighted by molar-refractivity contribution is 1.18. The first kappa shape index (κ1) is 9.90. The molecular formula is C11H18N2. The Kier molecular flexibility index (Phi) is 2.81. The summed E-state index contributed by atoms with van der Waals surface area (Å²) < 4.78 is 0. The second-order valence-electron chi connectivity index (χ2n) is 3.45. The summed E-state index contributed by atoms with van der Waals surface area (Å²) >= 11 is 0. The minimum atomic E-state index is 0.904. The molecule has 0 bridgehead atoms. The fourth-order valence-corrected chi connectivity index (χ4v) is 1.65. The topological polar surface area (TPSA) is 38.0 Å². The van der Waals surface area contributed by atoms with Gasteiger partial charge in [-0.25, -0.2) is 0 Å². The van der Waals surface area contributed by atoms with Crippen LogP contribution in [0.2, 0.25) is 0 Å². The van der Waals surface area contributed by atoms with E-state index in [0.717, 1.165) is 17.8 Å². The van der Waals surface area contributed by atoms with E-state index in [1.54, 1.807) is 0 Å². The van der Waals surface area contributed by atoms with E-state index in [1.165, 1.54) is 16.8 Å². The normalized spacial score (nSPS) is 10.2. The molecule has 1 aromatic rings. The smallest absolute Gasteiger partial charge is 0.0420 e. The highest BCUT2D eigenvalue weighted by Crippen LogP contribution is 2.28. The lowest BCUT2D eigenvalue weighted by Crippen LogP contribution is -2.04. The first-order chi connectivity index (χ1) is 6.07. The van der Waals surface area contributed by atoms with Crippen LogP contribution in [0.5, 0.6) is 0 Å². The zero-order valence-corrected chi connectivity index (χ0v) is 8.86. The third kappa shape index (κ3) is 1.77. The molecule has 0 fully saturated rings. The second-order valence-corrected chi connectivity index (χ2v) is 3.45. The minimum Gasteiger partial charge on any atom is -0.398 e. The van der Waals surface area contributed by atoms with E-state index < -0.39 is 0 Å². The largest absolute Gasteiger partial charge is 0.398 e. The van der Waals surface area contributed by atoms with E-state index in [-0.39, 0.29) is 0 Å². The predicted molar refractivity (Wildman–Crippen MR) is 59.2 cm³/mol. The van der Waals surface area contributed by atoms with E-state index in [1.807, 2.05) is 6.92 Å². The number of hydrogen-bond acceptors (Lipinski definition) is 2. The van der Waals surface area contributed by atoms with Crippen molar-refractivity contribution in [3.63, 3.8) is 0 Å². The Morgan fingerprint density at radius 3 is 2.38 bits per heavy atom. The van der Waals surface area contributed by atoms with Gasteiger partial charge in [-0.05, 0) is 44.4 Å². The molecule has 0 aromatic heterocycles. The van der Waals surface area contributed by atoms with Gasteiger partial charge in [-0.1, -0.05) is 6.07 Å². The van der Waals surface area contributed by atoms with Crippen LogP contribution in [0.4, 0.5) is 11.4 Å². The molecular weight excluding hydrogens is 160 g/mol. The van der Waals surface area contributed by atoms with Gasteiger partial charge in [0.15, 0.2) is 0 Å². The Balaban J connectivity index is 3.26. The summed E-state index contributed by atoms with van der Waals surface area (Å²) in [5.41, 5.74) is 11.6. The number of nitrogens with two attached hydrogens (primary N) is 1. The van der Waals surface area contributed by atoms with E-state index >= 15 is 0 Å². The Morgan fingerprint density at radius 2 is 1.85 bits per heavy atom. The number of anilines is 2. The molecule has 0 aliphatic heterocycles. The maximum atomic E-state index is 5.94. The van der Waals surface area contributed by atoms with Crippen LogP contribution in [-0.4, -0.2) is 6.54 Å². The molecule has 0 spiro atoms. The minimum absolute atomic E-state index is 0.904. The predicted octanol–water partition coefficient (Wildman–Crippen LogP) is 2.63. The van der Waals surface area contributed by atoms with Crippen LogP contribution in [0.25, 0.3) is 0 Å². The summed E-state index contributed by atoms with van der Waals surface area (Å²) in [6.45, 7) is 9.24. The van der Waals surface area contributed by atoms with Crippen LogP contribution >= 0.6 is 0 Å².